The molecule has 1 aliphatic carbocycles. The van der Waals surface area contributed by atoms with Crippen molar-refractivity contribution in [1.82, 2.24) is 25.4 Å². The molecule has 6 rings (SSSR count). The van der Waals surface area contributed by atoms with Crippen LogP contribution in [0.3, 0.4) is 0 Å². The van der Waals surface area contributed by atoms with Gasteiger partial charge in [0.1, 0.15) is 5.75 Å². The first kappa shape index (κ1) is 26.0. The van der Waals surface area contributed by atoms with Crippen LogP contribution < -0.4 is 5.32 Å². The van der Waals surface area contributed by atoms with Gasteiger partial charge < -0.3 is 25.0 Å². The Morgan fingerprint density at radius 2 is 1.90 bits per heavy atom. The van der Waals surface area contributed by atoms with Crippen LogP contribution in [0.1, 0.15) is 74.5 Å². The minimum atomic E-state index is -0.167. The molecule has 1 aromatic carbocycles. The quantitative estimate of drug-likeness (QED) is 0.388. The molecule has 206 valence electrons. The first-order valence-corrected chi connectivity index (χ1v) is 14.5. The van der Waals surface area contributed by atoms with Gasteiger partial charge in [0.15, 0.2) is 5.65 Å². The number of aromatic amines is 1. The number of phenolic OH excluding ortho intramolecular Hbond substituents is 1. The van der Waals surface area contributed by atoms with Gasteiger partial charge in [-0.1, -0.05) is 18.7 Å². The summed E-state index contributed by atoms with van der Waals surface area (Å²) in [4.78, 5) is 18.5. The third-order valence-electron chi connectivity index (χ3n) is 9.01. The van der Waals surface area contributed by atoms with Crippen LogP contribution in [0, 0.1) is 0 Å². The van der Waals surface area contributed by atoms with Crippen LogP contribution in [0.2, 0.25) is 0 Å². The number of carbonyl (C=O) groups is 1. The van der Waals surface area contributed by atoms with Gasteiger partial charge in [0.05, 0.1) is 18.3 Å². The van der Waals surface area contributed by atoms with Crippen molar-refractivity contribution in [2.45, 2.75) is 75.3 Å². The van der Waals surface area contributed by atoms with Crippen molar-refractivity contribution in [3.8, 4) is 17.0 Å². The lowest BCUT2D eigenvalue weighted by atomic mass is 9.78. The maximum atomic E-state index is 12.1. The monoisotopic (exact) mass is 529 g/mol. The fourth-order valence-electron chi connectivity index (χ4n) is 7.05. The van der Waals surface area contributed by atoms with Gasteiger partial charge in [0.2, 0.25) is 5.91 Å². The van der Waals surface area contributed by atoms with Crippen LogP contribution in [0.4, 0.5) is 0 Å². The average Bonchev–Trinajstić information content (AvgIpc) is 3.57. The number of phenols is 1. The second kappa shape index (κ2) is 11.5. The summed E-state index contributed by atoms with van der Waals surface area (Å²) in [5.74, 6) is 0.673. The van der Waals surface area contributed by atoms with Crippen LogP contribution in [0.25, 0.3) is 22.3 Å². The zero-order valence-electron chi connectivity index (χ0n) is 22.6. The van der Waals surface area contributed by atoms with Gasteiger partial charge >= 0.3 is 0 Å². The zero-order chi connectivity index (χ0) is 26.8. The number of fused-ring (bicyclic) bond motifs is 1. The summed E-state index contributed by atoms with van der Waals surface area (Å²) in [6.07, 6.45) is 10.4. The first-order chi connectivity index (χ1) is 19.1. The van der Waals surface area contributed by atoms with Crippen molar-refractivity contribution < 1.29 is 14.6 Å². The molecule has 2 aromatic heterocycles. The summed E-state index contributed by atoms with van der Waals surface area (Å²) in [5, 5.41) is 23.8. The molecule has 2 aliphatic heterocycles. The number of hydrogen-bond donors (Lipinski definition) is 3. The fourth-order valence-corrected chi connectivity index (χ4v) is 7.05. The number of rotatable bonds is 6. The number of hydrogen-bond acceptors (Lipinski definition) is 6. The maximum absolute atomic E-state index is 12.1. The maximum Gasteiger partial charge on any atom is 0.243 e. The summed E-state index contributed by atoms with van der Waals surface area (Å²) in [7, 11) is 0. The van der Waals surface area contributed by atoms with Crippen molar-refractivity contribution >= 4 is 16.9 Å². The predicted molar refractivity (Wildman–Crippen MR) is 152 cm³/mol. The van der Waals surface area contributed by atoms with E-state index in [0.29, 0.717) is 36.4 Å². The third-order valence-corrected chi connectivity index (χ3v) is 9.01. The molecular weight excluding hydrogens is 490 g/mol. The molecule has 1 saturated carbocycles. The lowest BCUT2D eigenvalue weighted by molar-refractivity contribution is -0.117. The second-order valence-electron chi connectivity index (χ2n) is 11.4. The summed E-state index contributed by atoms with van der Waals surface area (Å²) in [5.41, 5.74) is 4.71. The van der Waals surface area contributed by atoms with Crippen LogP contribution >= 0.6 is 0 Å². The number of likely N-dealkylation sites (tertiary alicyclic amines) is 1. The van der Waals surface area contributed by atoms with E-state index >= 15 is 0 Å². The number of ether oxygens (including phenoxy) is 1. The molecule has 0 spiro atoms. The average molecular weight is 530 g/mol. The van der Waals surface area contributed by atoms with E-state index in [9.17, 15) is 9.90 Å². The number of nitrogens with zero attached hydrogens (tertiary/aromatic N) is 3. The number of aromatic hydroxyl groups is 1. The highest BCUT2D eigenvalue weighted by Gasteiger charge is 2.34. The highest BCUT2D eigenvalue weighted by atomic mass is 16.5. The molecule has 2 saturated heterocycles. The van der Waals surface area contributed by atoms with Crippen molar-refractivity contribution in [1.29, 1.82) is 0 Å². The first-order valence-electron chi connectivity index (χ1n) is 14.5. The Labute approximate surface area is 229 Å². The smallest absolute Gasteiger partial charge is 0.243 e. The molecule has 2 atom stereocenters. The standard InChI is InChI=1S/C31H39N5O3/c1-2-28(38)32-22-17-21(13-16-39-19-22)30-29(20-9-11-23(12-10-20)36-14-5-6-15-36)25-18-26(34-35-31(25)33-30)24-7-3-4-8-27(24)37/h2-4,7-8,18,20-23,37H,1,5-6,9-17,19H2,(H,32,38)(H,33,35)/t20?,21-,22-,23?/m0/s1. The Balaban J connectivity index is 1.37. The Kier molecular flexibility index (Phi) is 7.66. The highest BCUT2D eigenvalue weighted by molar-refractivity contribution is 5.87. The number of carbonyl (C=O) groups excluding carboxylic acids is 1. The predicted octanol–water partition coefficient (Wildman–Crippen LogP) is 5.02. The van der Waals surface area contributed by atoms with Crippen LogP contribution in [-0.2, 0) is 9.53 Å². The lowest BCUT2D eigenvalue weighted by Crippen LogP contribution is -2.37. The van der Waals surface area contributed by atoms with E-state index in [4.69, 9.17) is 4.74 Å². The largest absolute Gasteiger partial charge is 0.507 e. The van der Waals surface area contributed by atoms with E-state index in [1.54, 1.807) is 6.07 Å². The van der Waals surface area contributed by atoms with E-state index in [2.05, 4.69) is 38.0 Å². The summed E-state index contributed by atoms with van der Waals surface area (Å²) in [6, 6.07) is 10.0. The Hall–Kier alpha value is -3.23. The normalized spacial score (nSPS) is 26.4. The van der Waals surface area contributed by atoms with Crippen LogP contribution in [-0.4, -0.2) is 69.5 Å². The molecule has 39 heavy (non-hydrogen) atoms. The second-order valence-corrected chi connectivity index (χ2v) is 11.4. The zero-order valence-corrected chi connectivity index (χ0v) is 22.6. The van der Waals surface area contributed by atoms with Crippen molar-refractivity contribution in [2.75, 3.05) is 26.3 Å². The Bertz CT molecular complexity index is 1320. The SMILES string of the molecule is C=CC(=O)N[C@@H]1COCC[C@H](c2[nH]c3nnc(-c4ccccc4O)cc3c2C2CCC(N3CCCC3)CC2)C1. The third kappa shape index (κ3) is 5.45. The molecule has 3 aromatic rings. The van der Waals surface area contributed by atoms with Gasteiger partial charge in [-0.2, -0.15) is 0 Å². The Morgan fingerprint density at radius 3 is 2.67 bits per heavy atom. The van der Waals surface area contributed by atoms with Gasteiger partial charge in [-0.3, -0.25) is 4.79 Å². The minimum Gasteiger partial charge on any atom is -0.507 e. The molecule has 3 fully saturated rings. The highest BCUT2D eigenvalue weighted by Crippen LogP contribution is 2.44. The number of amides is 1. The summed E-state index contributed by atoms with van der Waals surface area (Å²) >= 11 is 0. The number of H-pyrrole nitrogens is 1. The minimum absolute atomic E-state index is 0.0731. The summed E-state index contributed by atoms with van der Waals surface area (Å²) < 4.78 is 5.90. The molecule has 1 amide bonds. The van der Waals surface area contributed by atoms with Gasteiger partial charge in [-0.15, -0.1) is 10.2 Å². The number of nitrogens with one attached hydrogen (secondary N) is 2. The van der Waals surface area contributed by atoms with E-state index in [0.717, 1.165) is 36.7 Å². The van der Waals surface area contributed by atoms with Gasteiger partial charge in [0, 0.05) is 35.2 Å². The van der Waals surface area contributed by atoms with Crippen molar-refractivity contribution in [2.24, 2.45) is 0 Å². The fraction of sp³-hybridized carbons (Fsp3) is 0.516. The molecule has 8 heteroatoms. The van der Waals surface area contributed by atoms with Crippen molar-refractivity contribution in [3.63, 3.8) is 0 Å². The van der Waals surface area contributed by atoms with Gasteiger partial charge in [0.25, 0.3) is 0 Å². The molecule has 8 nitrogen and oxygen atoms in total. The molecule has 3 N–H and O–H groups in total. The number of para-hydroxylation sites is 1. The molecule has 0 radical (unpaired) electrons. The van der Waals surface area contributed by atoms with Crippen molar-refractivity contribution in [3.05, 3.63) is 54.2 Å². The van der Waals surface area contributed by atoms with E-state index < -0.39 is 0 Å². The van der Waals surface area contributed by atoms with E-state index in [1.807, 2.05) is 18.2 Å². The van der Waals surface area contributed by atoms with Gasteiger partial charge in [-0.05, 0) is 100 Å². The van der Waals surface area contributed by atoms with Crippen LogP contribution in [0.15, 0.2) is 43.0 Å². The number of benzene rings is 1. The molecule has 3 aliphatic rings. The topological polar surface area (TPSA) is 103 Å². The van der Waals surface area contributed by atoms with E-state index in [1.165, 1.54) is 56.1 Å². The summed E-state index contributed by atoms with van der Waals surface area (Å²) in [6.45, 7) is 7.25. The molecule has 0 bridgehead atoms. The Morgan fingerprint density at radius 1 is 1.10 bits per heavy atom. The van der Waals surface area contributed by atoms with Gasteiger partial charge in [-0.25, -0.2) is 0 Å². The number of aromatic nitrogens is 3. The molecular formula is C31H39N5O3. The lowest BCUT2D eigenvalue weighted by Gasteiger charge is -2.35. The molecule has 4 heterocycles. The van der Waals surface area contributed by atoms with E-state index in [-0.39, 0.29) is 23.6 Å². The molecule has 0 unspecified atom stereocenters. The van der Waals surface area contributed by atoms with Crippen LogP contribution in [0.5, 0.6) is 5.75 Å².